The quantitative estimate of drug-likeness (QED) is 0.768. The van der Waals surface area contributed by atoms with Gasteiger partial charge in [0.15, 0.2) is 5.65 Å². The molecule has 1 aliphatic heterocycles. The van der Waals surface area contributed by atoms with Crippen LogP contribution in [-0.4, -0.2) is 48.3 Å². The number of hydrogen-bond donors (Lipinski definition) is 1. The summed E-state index contributed by atoms with van der Waals surface area (Å²) in [5.74, 6) is 0.286. The maximum Gasteiger partial charge on any atom is 0.272 e. The van der Waals surface area contributed by atoms with E-state index >= 15 is 0 Å². The Morgan fingerprint density at radius 3 is 2.84 bits per heavy atom. The van der Waals surface area contributed by atoms with E-state index in [0.717, 1.165) is 24.2 Å². The van der Waals surface area contributed by atoms with E-state index in [9.17, 15) is 9.59 Å². The van der Waals surface area contributed by atoms with E-state index in [-0.39, 0.29) is 23.9 Å². The average molecular weight is 340 g/mol. The minimum atomic E-state index is -0.0923. The molecule has 0 radical (unpaired) electrons. The summed E-state index contributed by atoms with van der Waals surface area (Å²) in [6.07, 6.45) is 5.09. The number of aryl methyl sites for hydroxylation is 1. The molecule has 1 saturated heterocycles. The second-order valence-corrected chi connectivity index (χ2v) is 6.51. The number of nitrogens with zero attached hydrogens (tertiary/aromatic N) is 5. The van der Waals surface area contributed by atoms with Crippen molar-refractivity contribution in [3.63, 3.8) is 0 Å². The summed E-state index contributed by atoms with van der Waals surface area (Å²) in [6.45, 7) is 3.53. The van der Waals surface area contributed by atoms with Crippen molar-refractivity contribution < 1.29 is 4.79 Å². The molecule has 1 fully saturated rings. The molecule has 8 nitrogen and oxygen atoms in total. The third-order valence-corrected chi connectivity index (χ3v) is 4.72. The van der Waals surface area contributed by atoms with E-state index in [1.807, 2.05) is 24.0 Å². The molecule has 4 rings (SSSR count). The minimum absolute atomic E-state index is 0.0758. The number of rotatable bonds is 3. The van der Waals surface area contributed by atoms with Crippen molar-refractivity contribution in [2.24, 2.45) is 0 Å². The topological polar surface area (TPSA) is 88.3 Å². The zero-order valence-corrected chi connectivity index (χ0v) is 14.1. The van der Waals surface area contributed by atoms with E-state index < -0.39 is 0 Å². The number of fused-ring (bicyclic) bond motifs is 1. The highest BCUT2D eigenvalue weighted by Crippen LogP contribution is 2.26. The van der Waals surface area contributed by atoms with Gasteiger partial charge in [0.1, 0.15) is 6.54 Å². The third kappa shape index (κ3) is 3.07. The average Bonchev–Trinajstić information content (AvgIpc) is 3.24. The number of carbonyl (C=O) groups excluding carboxylic acids is 1. The number of nitrogens with one attached hydrogen (secondary N) is 1. The number of carbonyl (C=O) groups is 1. The molecule has 0 spiro atoms. The molecule has 1 N–H and O–H groups in total. The molecule has 25 heavy (non-hydrogen) atoms. The summed E-state index contributed by atoms with van der Waals surface area (Å²) < 4.78 is 3.10. The monoisotopic (exact) mass is 340 g/mol. The second kappa shape index (κ2) is 6.19. The summed E-state index contributed by atoms with van der Waals surface area (Å²) >= 11 is 0. The molecule has 130 valence electrons. The summed E-state index contributed by atoms with van der Waals surface area (Å²) in [4.78, 5) is 31.0. The number of piperidine rings is 1. The number of hydrogen-bond acceptors (Lipinski definition) is 4. The summed E-state index contributed by atoms with van der Waals surface area (Å²) in [5, 5.41) is 7.05. The van der Waals surface area contributed by atoms with Crippen molar-refractivity contribution >= 4 is 11.6 Å². The predicted octanol–water partition coefficient (Wildman–Crippen LogP) is 0.934. The van der Waals surface area contributed by atoms with Crippen LogP contribution in [0.25, 0.3) is 5.65 Å². The van der Waals surface area contributed by atoms with Gasteiger partial charge < -0.3 is 4.90 Å². The molecule has 3 aromatic heterocycles. The number of H-pyrrole nitrogens is 1. The Bertz CT molecular complexity index is 947. The molecule has 0 bridgehead atoms. The van der Waals surface area contributed by atoms with Crippen LogP contribution < -0.4 is 5.56 Å². The van der Waals surface area contributed by atoms with E-state index in [1.165, 1.54) is 4.52 Å². The lowest BCUT2D eigenvalue weighted by Crippen LogP contribution is -2.40. The molecule has 4 heterocycles. The Morgan fingerprint density at radius 2 is 2.12 bits per heavy atom. The normalized spacial score (nSPS) is 15.8. The Hall–Kier alpha value is -2.90. The molecule has 3 aromatic rings. The first-order valence-electron chi connectivity index (χ1n) is 8.45. The Labute approximate surface area is 144 Å². The highest BCUT2D eigenvalue weighted by atomic mass is 16.2. The minimum Gasteiger partial charge on any atom is -0.341 e. The lowest BCUT2D eigenvalue weighted by Gasteiger charge is -2.31. The van der Waals surface area contributed by atoms with Gasteiger partial charge in [-0.1, -0.05) is 0 Å². The highest BCUT2D eigenvalue weighted by molar-refractivity contribution is 5.76. The van der Waals surface area contributed by atoms with Crippen LogP contribution in [0.15, 0.2) is 35.4 Å². The fourth-order valence-electron chi connectivity index (χ4n) is 3.40. The lowest BCUT2D eigenvalue weighted by molar-refractivity contribution is -0.133. The molecule has 0 aromatic carbocycles. The standard InChI is InChI=1S/C17H20N6O2/c1-12-9-15-19-14(10-16(24)23(15)20-12)13-3-7-21(8-4-13)17(25)11-22-6-2-5-18-22/h2,5-6,9-10,13,20H,3-4,7-8,11H2,1H3. The smallest absolute Gasteiger partial charge is 0.272 e. The maximum atomic E-state index is 12.3. The van der Waals surface area contributed by atoms with Gasteiger partial charge in [-0.3, -0.25) is 19.4 Å². The fraction of sp³-hybridized carbons (Fsp3) is 0.412. The van der Waals surface area contributed by atoms with Crippen LogP contribution in [0.1, 0.15) is 30.1 Å². The van der Waals surface area contributed by atoms with Crippen LogP contribution in [0, 0.1) is 6.92 Å². The Balaban J connectivity index is 1.45. The van der Waals surface area contributed by atoms with Crippen molar-refractivity contribution in [2.45, 2.75) is 32.2 Å². The lowest BCUT2D eigenvalue weighted by atomic mass is 9.93. The van der Waals surface area contributed by atoms with Gasteiger partial charge in [0, 0.05) is 49.2 Å². The zero-order chi connectivity index (χ0) is 17.4. The van der Waals surface area contributed by atoms with E-state index in [4.69, 9.17) is 0 Å². The number of aromatic amines is 1. The first-order valence-corrected chi connectivity index (χ1v) is 8.45. The SMILES string of the molecule is Cc1cc2nc(C3CCN(C(=O)Cn4cccn4)CC3)cc(=O)n2[nH]1. The van der Waals surface area contributed by atoms with E-state index in [1.54, 1.807) is 23.1 Å². The van der Waals surface area contributed by atoms with Gasteiger partial charge in [0.25, 0.3) is 5.56 Å². The Kier molecular flexibility index (Phi) is 3.87. The molecule has 1 aliphatic rings. The second-order valence-electron chi connectivity index (χ2n) is 6.51. The Morgan fingerprint density at radius 1 is 1.32 bits per heavy atom. The molecular weight excluding hydrogens is 320 g/mol. The van der Waals surface area contributed by atoms with Crippen LogP contribution >= 0.6 is 0 Å². The maximum absolute atomic E-state index is 12.3. The number of aromatic nitrogens is 5. The van der Waals surface area contributed by atoms with Gasteiger partial charge in [0.2, 0.25) is 5.91 Å². The molecule has 0 aliphatic carbocycles. The van der Waals surface area contributed by atoms with Crippen LogP contribution in [0.5, 0.6) is 0 Å². The van der Waals surface area contributed by atoms with E-state index in [2.05, 4.69) is 15.2 Å². The largest absolute Gasteiger partial charge is 0.341 e. The van der Waals surface area contributed by atoms with Crippen LogP contribution in [0.3, 0.4) is 0 Å². The van der Waals surface area contributed by atoms with Gasteiger partial charge >= 0.3 is 0 Å². The number of amides is 1. The summed E-state index contributed by atoms with van der Waals surface area (Å²) in [5.41, 5.74) is 2.28. The molecule has 0 unspecified atom stereocenters. The zero-order valence-electron chi connectivity index (χ0n) is 14.1. The molecular formula is C17H20N6O2. The molecule has 8 heteroatoms. The summed E-state index contributed by atoms with van der Waals surface area (Å²) in [7, 11) is 0. The highest BCUT2D eigenvalue weighted by Gasteiger charge is 2.25. The van der Waals surface area contributed by atoms with Crippen LogP contribution in [0.4, 0.5) is 0 Å². The van der Waals surface area contributed by atoms with Gasteiger partial charge in [0.05, 0.1) is 5.69 Å². The molecule has 0 atom stereocenters. The number of likely N-dealkylation sites (tertiary alicyclic amines) is 1. The van der Waals surface area contributed by atoms with Crippen molar-refractivity contribution in [1.29, 1.82) is 0 Å². The van der Waals surface area contributed by atoms with Gasteiger partial charge in [-0.2, -0.15) is 5.10 Å². The van der Waals surface area contributed by atoms with Gasteiger partial charge in [-0.25, -0.2) is 9.50 Å². The third-order valence-electron chi connectivity index (χ3n) is 4.72. The van der Waals surface area contributed by atoms with Gasteiger partial charge in [-0.05, 0) is 25.8 Å². The first kappa shape index (κ1) is 15.6. The van der Waals surface area contributed by atoms with Crippen molar-refractivity contribution in [2.75, 3.05) is 13.1 Å². The van der Waals surface area contributed by atoms with Crippen molar-refractivity contribution in [3.05, 3.63) is 52.3 Å². The molecule has 1 amide bonds. The van der Waals surface area contributed by atoms with Gasteiger partial charge in [-0.15, -0.1) is 0 Å². The fourth-order valence-corrected chi connectivity index (χ4v) is 3.40. The van der Waals surface area contributed by atoms with Crippen LogP contribution in [0.2, 0.25) is 0 Å². The summed E-state index contributed by atoms with van der Waals surface area (Å²) in [6, 6.07) is 5.28. The van der Waals surface area contributed by atoms with Crippen molar-refractivity contribution in [1.82, 2.24) is 29.3 Å². The van der Waals surface area contributed by atoms with Crippen molar-refractivity contribution in [3.8, 4) is 0 Å². The molecule has 0 saturated carbocycles. The van der Waals surface area contributed by atoms with Crippen LogP contribution in [-0.2, 0) is 11.3 Å². The van der Waals surface area contributed by atoms with E-state index in [0.29, 0.717) is 18.7 Å². The predicted molar refractivity (Wildman–Crippen MR) is 91.3 cm³/mol. The first-order chi connectivity index (χ1) is 12.1.